The Morgan fingerprint density at radius 2 is 1.83 bits per heavy atom. The highest BCUT2D eigenvalue weighted by Gasteiger charge is 2.21. The summed E-state index contributed by atoms with van der Waals surface area (Å²) >= 11 is 6.00. The number of benzene rings is 2. The second-order valence-corrected chi connectivity index (χ2v) is 7.55. The van der Waals surface area contributed by atoms with E-state index in [1.807, 2.05) is 18.2 Å². The third-order valence-electron chi connectivity index (χ3n) is 3.11. The largest absolute Gasteiger partial charge is 0.459 e. The molecule has 0 aliphatic heterocycles. The van der Waals surface area contributed by atoms with Gasteiger partial charge in [-0.1, -0.05) is 41.9 Å². The van der Waals surface area contributed by atoms with Crippen LogP contribution in [0.2, 0.25) is 5.02 Å². The maximum absolute atomic E-state index is 12.5. The fraction of sp³-hybridized carbons (Fsp3) is 0.235. The topological polar surface area (TPSA) is 72.5 Å². The number of carbonyl (C=O) groups is 1. The van der Waals surface area contributed by atoms with E-state index in [2.05, 4.69) is 4.72 Å². The van der Waals surface area contributed by atoms with E-state index in [4.69, 9.17) is 16.3 Å². The second-order valence-electron chi connectivity index (χ2n) is 5.41. The molecule has 0 fully saturated rings. The first-order valence-electron chi connectivity index (χ1n) is 7.34. The Morgan fingerprint density at radius 3 is 2.46 bits per heavy atom. The number of hydrogen-bond acceptors (Lipinski definition) is 4. The molecule has 0 saturated heterocycles. The molecule has 2 rings (SSSR count). The summed E-state index contributed by atoms with van der Waals surface area (Å²) in [6, 6.07) is 13.1. The van der Waals surface area contributed by atoms with Crippen LogP contribution in [-0.4, -0.2) is 20.5 Å². The van der Waals surface area contributed by atoms with Crippen molar-refractivity contribution in [2.45, 2.75) is 31.4 Å². The maximum Gasteiger partial charge on any atom is 0.338 e. The van der Waals surface area contributed by atoms with E-state index in [0.29, 0.717) is 0 Å². The Balaban J connectivity index is 2.24. The molecule has 2 aromatic rings. The highest BCUT2D eigenvalue weighted by Crippen LogP contribution is 2.23. The molecule has 5 nitrogen and oxygen atoms in total. The number of nitrogens with one attached hydrogen (secondary N) is 1. The van der Waals surface area contributed by atoms with Gasteiger partial charge in [-0.05, 0) is 37.6 Å². The van der Waals surface area contributed by atoms with Crippen molar-refractivity contribution in [2.75, 3.05) is 0 Å². The molecule has 0 saturated carbocycles. The Bertz CT molecular complexity index is 820. The summed E-state index contributed by atoms with van der Waals surface area (Å²) in [5.74, 6) is -0.596. The normalized spacial score (nSPS) is 11.5. The van der Waals surface area contributed by atoms with E-state index in [9.17, 15) is 13.2 Å². The van der Waals surface area contributed by atoms with Crippen molar-refractivity contribution < 1.29 is 17.9 Å². The zero-order chi connectivity index (χ0) is 17.7. The van der Waals surface area contributed by atoms with Gasteiger partial charge in [-0.25, -0.2) is 17.9 Å². The fourth-order valence-electron chi connectivity index (χ4n) is 1.97. The Morgan fingerprint density at radius 1 is 1.17 bits per heavy atom. The smallest absolute Gasteiger partial charge is 0.338 e. The van der Waals surface area contributed by atoms with Crippen LogP contribution in [0.1, 0.15) is 29.8 Å². The highest BCUT2D eigenvalue weighted by molar-refractivity contribution is 7.89. The van der Waals surface area contributed by atoms with Gasteiger partial charge in [-0.3, -0.25) is 0 Å². The molecule has 0 radical (unpaired) electrons. The molecular weight excluding hydrogens is 350 g/mol. The molecule has 0 bridgehead atoms. The van der Waals surface area contributed by atoms with Gasteiger partial charge in [-0.15, -0.1) is 0 Å². The SMILES string of the molecule is CC(C)OC(=O)c1ccc(Cl)c(S(=O)(=O)NCc2ccccc2)c1. The minimum Gasteiger partial charge on any atom is -0.459 e. The van der Waals surface area contributed by atoms with Crippen molar-refractivity contribution in [2.24, 2.45) is 0 Å². The number of halogens is 1. The summed E-state index contributed by atoms with van der Waals surface area (Å²) in [6.45, 7) is 3.56. The lowest BCUT2D eigenvalue weighted by Gasteiger charge is -2.11. The standard InChI is InChI=1S/C17H18ClNO4S/c1-12(2)23-17(20)14-8-9-15(18)16(10-14)24(21,22)19-11-13-6-4-3-5-7-13/h3-10,12,19H,11H2,1-2H3. The number of carbonyl (C=O) groups excluding carboxylic acids is 1. The first-order chi connectivity index (χ1) is 11.3. The third-order valence-corrected chi connectivity index (χ3v) is 4.99. The van der Waals surface area contributed by atoms with Crippen LogP contribution in [0.3, 0.4) is 0 Å². The van der Waals surface area contributed by atoms with Gasteiger partial charge in [0.2, 0.25) is 10.0 Å². The zero-order valence-electron chi connectivity index (χ0n) is 13.3. The lowest BCUT2D eigenvalue weighted by atomic mass is 10.2. The molecule has 0 aromatic heterocycles. The minimum absolute atomic E-state index is 0.0386. The average Bonchev–Trinajstić information content (AvgIpc) is 2.53. The number of esters is 1. The first-order valence-corrected chi connectivity index (χ1v) is 9.20. The van der Waals surface area contributed by atoms with Gasteiger partial charge in [0, 0.05) is 6.54 Å². The van der Waals surface area contributed by atoms with Gasteiger partial charge in [0.15, 0.2) is 0 Å². The molecule has 0 spiro atoms. The molecule has 24 heavy (non-hydrogen) atoms. The summed E-state index contributed by atoms with van der Waals surface area (Å²) in [7, 11) is -3.86. The summed E-state index contributed by atoms with van der Waals surface area (Å²) < 4.78 is 32.5. The van der Waals surface area contributed by atoms with Crippen molar-refractivity contribution in [1.29, 1.82) is 0 Å². The molecule has 1 N–H and O–H groups in total. The quantitative estimate of drug-likeness (QED) is 0.794. The number of hydrogen-bond donors (Lipinski definition) is 1. The molecule has 0 atom stereocenters. The lowest BCUT2D eigenvalue weighted by Crippen LogP contribution is -2.24. The molecule has 0 aliphatic carbocycles. The second kappa shape index (κ2) is 7.79. The van der Waals surface area contributed by atoms with Crippen LogP contribution >= 0.6 is 11.6 Å². The highest BCUT2D eigenvalue weighted by atomic mass is 35.5. The molecule has 7 heteroatoms. The molecule has 0 amide bonds. The van der Waals surface area contributed by atoms with Gasteiger partial charge >= 0.3 is 5.97 Å². The van der Waals surface area contributed by atoms with Crippen LogP contribution in [0.5, 0.6) is 0 Å². The molecule has 2 aromatic carbocycles. The van der Waals surface area contributed by atoms with E-state index in [1.54, 1.807) is 26.0 Å². The van der Waals surface area contributed by atoms with Crippen molar-refractivity contribution >= 4 is 27.6 Å². The predicted octanol–water partition coefficient (Wildman–Crippen LogP) is 3.38. The first kappa shape index (κ1) is 18.4. The number of ether oxygens (including phenoxy) is 1. The van der Waals surface area contributed by atoms with Crippen molar-refractivity contribution in [3.8, 4) is 0 Å². The minimum atomic E-state index is -3.86. The Hall–Kier alpha value is -1.89. The lowest BCUT2D eigenvalue weighted by molar-refractivity contribution is 0.0377. The van der Waals surface area contributed by atoms with Crippen LogP contribution in [-0.2, 0) is 21.3 Å². The average molecular weight is 368 g/mol. The summed E-state index contributed by atoms with van der Waals surface area (Å²) in [6.07, 6.45) is -0.301. The molecule has 0 unspecified atom stereocenters. The van der Waals surface area contributed by atoms with Crippen molar-refractivity contribution in [3.63, 3.8) is 0 Å². The van der Waals surface area contributed by atoms with E-state index in [1.165, 1.54) is 18.2 Å². The van der Waals surface area contributed by atoms with E-state index in [-0.39, 0.29) is 28.1 Å². The maximum atomic E-state index is 12.5. The van der Waals surface area contributed by atoms with Crippen molar-refractivity contribution in [3.05, 3.63) is 64.7 Å². The van der Waals surface area contributed by atoms with Crippen LogP contribution < -0.4 is 4.72 Å². The van der Waals surface area contributed by atoms with Crippen LogP contribution in [0, 0.1) is 0 Å². The van der Waals surface area contributed by atoms with E-state index < -0.39 is 16.0 Å². The zero-order valence-corrected chi connectivity index (χ0v) is 14.9. The predicted molar refractivity (Wildman–Crippen MR) is 92.5 cm³/mol. The van der Waals surface area contributed by atoms with Gasteiger partial charge < -0.3 is 4.74 Å². The summed E-state index contributed by atoms with van der Waals surface area (Å²) in [4.78, 5) is 11.8. The van der Waals surface area contributed by atoms with Crippen LogP contribution in [0.15, 0.2) is 53.4 Å². The van der Waals surface area contributed by atoms with Crippen LogP contribution in [0.25, 0.3) is 0 Å². The molecular formula is C17H18ClNO4S. The third kappa shape index (κ3) is 4.80. The molecule has 0 heterocycles. The summed E-state index contributed by atoms with van der Waals surface area (Å²) in [5, 5.41) is 0.0386. The molecule has 128 valence electrons. The molecule has 0 aliphatic rings. The number of sulfonamides is 1. The van der Waals surface area contributed by atoms with Crippen molar-refractivity contribution in [1.82, 2.24) is 4.72 Å². The van der Waals surface area contributed by atoms with Gasteiger partial charge in [0.25, 0.3) is 0 Å². The van der Waals surface area contributed by atoms with Gasteiger partial charge in [0.1, 0.15) is 4.90 Å². The Labute approximate surface area is 146 Å². The number of rotatable bonds is 6. The monoisotopic (exact) mass is 367 g/mol. The van der Waals surface area contributed by atoms with Crippen LogP contribution in [0.4, 0.5) is 0 Å². The van der Waals surface area contributed by atoms with E-state index in [0.717, 1.165) is 5.56 Å². The van der Waals surface area contributed by atoms with E-state index >= 15 is 0 Å². The van der Waals surface area contributed by atoms with Gasteiger partial charge in [-0.2, -0.15) is 0 Å². The Kier molecular flexibility index (Phi) is 5.99. The fourth-order valence-corrected chi connectivity index (χ4v) is 3.51. The van der Waals surface area contributed by atoms with Gasteiger partial charge in [0.05, 0.1) is 16.7 Å². The summed E-state index contributed by atoms with van der Waals surface area (Å²) in [5.41, 5.74) is 0.945.